The standard InChI is InChI=1S/C11H21N3O2S/c1-5-11(4,9(12)17)10(16)13-6-8(15)14-7(2)3/h7H,5-6H2,1-4H3,(H2,12,17)(H,13,16)(H,14,15). The van der Waals surface area contributed by atoms with Crippen LogP contribution in [0.2, 0.25) is 0 Å². The van der Waals surface area contributed by atoms with Crippen molar-refractivity contribution in [2.45, 2.75) is 40.2 Å². The van der Waals surface area contributed by atoms with Gasteiger partial charge in [-0.3, -0.25) is 9.59 Å². The number of amides is 2. The maximum atomic E-state index is 11.9. The zero-order valence-electron chi connectivity index (χ0n) is 10.8. The molecular weight excluding hydrogens is 238 g/mol. The fraction of sp³-hybridized carbons (Fsp3) is 0.727. The summed E-state index contributed by atoms with van der Waals surface area (Å²) in [6, 6.07) is 0.0487. The van der Waals surface area contributed by atoms with Crippen LogP contribution in [-0.2, 0) is 9.59 Å². The third kappa shape index (κ3) is 4.68. The van der Waals surface area contributed by atoms with Gasteiger partial charge >= 0.3 is 0 Å². The Kier molecular flexibility index (Phi) is 6.09. The highest BCUT2D eigenvalue weighted by atomic mass is 32.1. The number of nitrogens with two attached hydrogens (primary N) is 1. The van der Waals surface area contributed by atoms with Crippen LogP contribution in [0.5, 0.6) is 0 Å². The lowest BCUT2D eigenvalue weighted by Gasteiger charge is -2.25. The minimum absolute atomic E-state index is 0.0487. The molecule has 0 saturated heterocycles. The summed E-state index contributed by atoms with van der Waals surface area (Å²) >= 11 is 4.87. The molecule has 5 nitrogen and oxygen atoms in total. The maximum Gasteiger partial charge on any atom is 0.239 e. The fourth-order valence-corrected chi connectivity index (χ4v) is 1.41. The summed E-state index contributed by atoms with van der Waals surface area (Å²) in [5.74, 6) is -0.541. The molecule has 1 unspecified atom stereocenters. The van der Waals surface area contributed by atoms with Crippen LogP contribution >= 0.6 is 12.2 Å². The van der Waals surface area contributed by atoms with E-state index >= 15 is 0 Å². The molecule has 98 valence electrons. The van der Waals surface area contributed by atoms with Gasteiger partial charge < -0.3 is 16.4 Å². The van der Waals surface area contributed by atoms with Crippen LogP contribution in [0.15, 0.2) is 0 Å². The molecule has 0 bridgehead atoms. The number of hydrogen-bond donors (Lipinski definition) is 3. The van der Waals surface area contributed by atoms with Crippen molar-refractivity contribution in [1.29, 1.82) is 0 Å². The molecule has 0 saturated carbocycles. The number of rotatable bonds is 6. The largest absolute Gasteiger partial charge is 0.392 e. The van der Waals surface area contributed by atoms with Crippen LogP contribution in [0.25, 0.3) is 0 Å². The molecule has 0 aromatic carbocycles. The topological polar surface area (TPSA) is 84.2 Å². The number of nitrogens with one attached hydrogen (secondary N) is 2. The second-order valence-electron chi connectivity index (χ2n) is 4.45. The zero-order valence-corrected chi connectivity index (χ0v) is 11.6. The Morgan fingerprint density at radius 2 is 1.94 bits per heavy atom. The van der Waals surface area contributed by atoms with Gasteiger partial charge in [-0.25, -0.2) is 0 Å². The Bertz CT molecular complexity index is 318. The molecule has 17 heavy (non-hydrogen) atoms. The Morgan fingerprint density at radius 3 is 2.29 bits per heavy atom. The molecule has 6 heteroatoms. The van der Waals surface area contributed by atoms with Gasteiger partial charge in [-0.05, 0) is 27.2 Å². The minimum atomic E-state index is -0.895. The van der Waals surface area contributed by atoms with Crippen LogP contribution in [0.4, 0.5) is 0 Å². The highest BCUT2D eigenvalue weighted by Gasteiger charge is 2.34. The van der Waals surface area contributed by atoms with E-state index in [-0.39, 0.29) is 29.4 Å². The molecule has 0 rings (SSSR count). The van der Waals surface area contributed by atoms with E-state index in [2.05, 4.69) is 10.6 Å². The Hall–Kier alpha value is -1.17. The average Bonchev–Trinajstić information content (AvgIpc) is 2.23. The molecule has 0 aromatic heterocycles. The summed E-state index contributed by atoms with van der Waals surface area (Å²) in [5, 5.41) is 5.22. The Balaban J connectivity index is 4.36. The van der Waals surface area contributed by atoms with Crippen molar-refractivity contribution in [3.05, 3.63) is 0 Å². The van der Waals surface area contributed by atoms with Gasteiger partial charge in [-0.15, -0.1) is 0 Å². The maximum absolute atomic E-state index is 11.9. The molecule has 0 aliphatic carbocycles. The summed E-state index contributed by atoms with van der Waals surface area (Å²) in [5.41, 5.74) is 4.64. The molecule has 0 fully saturated rings. The van der Waals surface area contributed by atoms with Crippen LogP contribution in [-0.4, -0.2) is 29.4 Å². The van der Waals surface area contributed by atoms with Crippen molar-refractivity contribution >= 4 is 29.0 Å². The molecule has 0 aliphatic rings. The quantitative estimate of drug-likeness (QED) is 0.600. The van der Waals surface area contributed by atoms with E-state index in [1.54, 1.807) is 6.92 Å². The van der Waals surface area contributed by atoms with Crippen molar-refractivity contribution in [3.63, 3.8) is 0 Å². The van der Waals surface area contributed by atoms with Gasteiger partial charge in [0.05, 0.1) is 16.9 Å². The monoisotopic (exact) mass is 259 g/mol. The first-order valence-electron chi connectivity index (χ1n) is 5.61. The van der Waals surface area contributed by atoms with Gasteiger partial charge in [-0.1, -0.05) is 19.1 Å². The van der Waals surface area contributed by atoms with Crippen LogP contribution in [0.3, 0.4) is 0 Å². The molecule has 1 atom stereocenters. The first-order chi connectivity index (χ1) is 7.74. The van der Waals surface area contributed by atoms with Crippen LogP contribution in [0, 0.1) is 5.41 Å². The van der Waals surface area contributed by atoms with E-state index in [1.807, 2.05) is 20.8 Å². The molecule has 0 radical (unpaired) electrons. The summed E-state index contributed by atoms with van der Waals surface area (Å²) < 4.78 is 0. The smallest absolute Gasteiger partial charge is 0.239 e. The van der Waals surface area contributed by atoms with Crippen molar-refractivity contribution in [2.24, 2.45) is 11.1 Å². The van der Waals surface area contributed by atoms with E-state index < -0.39 is 5.41 Å². The normalized spacial score (nSPS) is 13.9. The molecule has 2 amide bonds. The first-order valence-corrected chi connectivity index (χ1v) is 6.02. The van der Waals surface area contributed by atoms with Gasteiger partial charge in [-0.2, -0.15) is 0 Å². The number of thiocarbonyl (C=S) groups is 1. The lowest BCUT2D eigenvalue weighted by atomic mass is 9.86. The molecule has 4 N–H and O–H groups in total. The van der Waals surface area contributed by atoms with E-state index in [1.165, 1.54) is 0 Å². The van der Waals surface area contributed by atoms with E-state index in [0.29, 0.717) is 6.42 Å². The zero-order chi connectivity index (χ0) is 13.6. The first kappa shape index (κ1) is 15.8. The Labute approximate surface area is 108 Å². The van der Waals surface area contributed by atoms with Crippen molar-refractivity contribution < 1.29 is 9.59 Å². The molecular formula is C11H21N3O2S. The third-order valence-corrected chi connectivity index (χ3v) is 3.06. The summed E-state index contributed by atoms with van der Waals surface area (Å²) in [6.07, 6.45) is 0.500. The lowest BCUT2D eigenvalue weighted by molar-refractivity contribution is -0.130. The third-order valence-electron chi connectivity index (χ3n) is 2.61. The lowest BCUT2D eigenvalue weighted by Crippen LogP contribution is -2.49. The Morgan fingerprint density at radius 1 is 1.41 bits per heavy atom. The van der Waals surface area contributed by atoms with Gasteiger partial charge in [0.25, 0.3) is 0 Å². The van der Waals surface area contributed by atoms with E-state index in [4.69, 9.17) is 18.0 Å². The predicted molar refractivity (Wildman–Crippen MR) is 71.5 cm³/mol. The molecule has 0 aromatic rings. The van der Waals surface area contributed by atoms with Gasteiger partial charge in [0.1, 0.15) is 0 Å². The highest BCUT2D eigenvalue weighted by molar-refractivity contribution is 7.80. The van der Waals surface area contributed by atoms with Crippen molar-refractivity contribution in [1.82, 2.24) is 10.6 Å². The number of hydrogen-bond acceptors (Lipinski definition) is 3. The van der Waals surface area contributed by atoms with Gasteiger partial charge in [0.15, 0.2) is 0 Å². The fourth-order valence-electron chi connectivity index (χ4n) is 1.18. The minimum Gasteiger partial charge on any atom is -0.392 e. The van der Waals surface area contributed by atoms with E-state index in [9.17, 15) is 9.59 Å². The highest BCUT2D eigenvalue weighted by Crippen LogP contribution is 2.21. The average molecular weight is 259 g/mol. The second-order valence-corrected chi connectivity index (χ2v) is 4.89. The predicted octanol–water partition coefficient (Wildman–Crippen LogP) is 0.330. The molecule has 0 heterocycles. The van der Waals surface area contributed by atoms with Gasteiger partial charge in [0.2, 0.25) is 11.8 Å². The summed E-state index contributed by atoms with van der Waals surface area (Å²) in [6.45, 7) is 7.14. The van der Waals surface area contributed by atoms with Crippen molar-refractivity contribution in [3.8, 4) is 0 Å². The second kappa shape index (κ2) is 6.54. The van der Waals surface area contributed by atoms with Crippen LogP contribution in [0.1, 0.15) is 34.1 Å². The SMILES string of the molecule is CCC(C)(C(=O)NCC(=O)NC(C)C)C(N)=S. The number of carbonyl (C=O) groups is 2. The number of carbonyl (C=O) groups excluding carboxylic acids is 2. The molecule has 0 aliphatic heterocycles. The van der Waals surface area contributed by atoms with Crippen LogP contribution < -0.4 is 16.4 Å². The van der Waals surface area contributed by atoms with Crippen molar-refractivity contribution in [2.75, 3.05) is 6.54 Å². The summed E-state index contributed by atoms with van der Waals surface area (Å²) in [4.78, 5) is 23.4. The van der Waals surface area contributed by atoms with E-state index in [0.717, 1.165) is 0 Å². The molecule has 0 spiro atoms. The van der Waals surface area contributed by atoms with Gasteiger partial charge in [0, 0.05) is 6.04 Å². The summed E-state index contributed by atoms with van der Waals surface area (Å²) in [7, 11) is 0.